The minimum Gasteiger partial charge on any atom is -0.378 e. The summed E-state index contributed by atoms with van der Waals surface area (Å²) in [6, 6.07) is 0. The molecule has 10 heavy (non-hydrogen) atoms. The summed E-state index contributed by atoms with van der Waals surface area (Å²) in [5, 5.41) is 12.1. The first-order valence-corrected chi connectivity index (χ1v) is 3.72. The van der Waals surface area contributed by atoms with E-state index in [-0.39, 0.29) is 6.23 Å². The molecule has 0 saturated carbocycles. The minimum absolute atomic E-state index is 0.308. The normalized spacial score (nSPS) is 16.3. The maximum Gasteiger partial charge on any atom is 0.107 e. The van der Waals surface area contributed by atoms with Gasteiger partial charge < -0.3 is 5.11 Å². The molecule has 2 heteroatoms. The van der Waals surface area contributed by atoms with Crippen LogP contribution in [0.4, 0.5) is 0 Å². The van der Waals surface area contributed by atoms with Gasteiger partial charge in [0.15, 0.2) is 0 Å². The molecule has 2 N–H and O–H groups in total. The molecule has 0 bridgehead atoms. The highest BCUT2D eigenvalue weighted by atomic mass is 16.3. The summed E-state index contributed by atoms with van der Waals surface area (Å²) in [5.74, 6) is 0.308. The number of hydrogen-bond donors (Lipinski definition) is 2. The fraction of sp³-hybridized carbons (Fsp3) is 0.750. The molecule has 0 rings (SSSR count). The fourth-order valence-corrected chi connectivity index (χ4v) is 0.969. The molecule has 0 radical (unpaired) electrons. The van der Waals surface area contributed by atoms with Gasteiger partial charge in [0.2, 0.25) is 0 Å². The van der Waals surface area contributed by atoms with E-state index >= 15 is 0 Å². The maximum absolute atomic E-state index is 9.29. The van der Waals surface area contributed by atoms with Gasteiger partial charge in [-0.15, -0.1) is 6.58 Å². The second-order valence-electron chi connectivity index (χ2n) is 2.43. The molecular formula is C8H17NO. The van der Waals surface area contributed by atoms with Crippen molar-refractivity contribution < 1.29 is 5.11 Å². The van der Waals surface area contributed by atoms with Crippen LogP contribution in [0, 0.1) is 5.92 Å². The fourth-order valence-electron chi connectivity index (χ4n) is 0.969. The topological polar surface area (TPSA) is 32.3 Å². The molecule has 0 heterocycles. The van der Waals surface area contributed by atoms with Crippen molar-refractivity contribution in [3.8, 4) is 0 Å². The Morgan fingerprint density at radius 3 is 2.60 bits per heavy atom. The summed E-state index contributed by atoms with van der Waals surface area (Å²) < 4.78 is 0. The van der Waals surface area contributed by atoms with Crippen molar-refractivity contribution >= 4 is 0 Å². The first-order chi connectivity index (χ1) is 4.76. The zero-order chi connectivity index (χ0) is 7.98. The Morgan fingerprint density at radius 2 is 2.30 bits per heavy atom. The Hall–Kier alpha value is -0.340. The van der Waals surface area contributed by atoms with E-state index in [1.807, 2.05) is 6.08 Å². The summed E-state index contributed by atoms with van der Waals surface area (Å²) >= 11 is 0. The van der Waals surface area contributed by atoms with Crippen LogP contribution in [-0.2, 0) is 0 Å². The van der Waals surface area contributed by atoms with E-state index in [1.165, 1.54) is 0 Å². The van der Waals surface area contributed by atoms with Crippen LogP contribution >= 0.6 is 0 Å². The minimum atomic E-state index is -0.386. The van der Waals surface area contributed by atoms with Crippen molar-refractivity contribution in [1.29, 1.82) is 0 Å². The number of allylic oxidation sites excluding steroid dienone is 1. The standard InChI is InChI=1S/C8H17NO/c1-4-6-7(5-2)8(10)9-3/h4,7-10H,1,5-6H2,2-3H3/t7-,8?/m0/s1. The molecule has 60 valence electrons. The van der Waals surface area contributed by atoms with Crippen molar-refractivity contribution in [3.63, 3.8) is 0 Å². The van der Waals surface area contributed by atoms with Gasteiger partial charge >= 0.3 is 0 Å². The van der Waals surface area contributed by atoms with E-state index in [0.717, 1.165) is 12.8 Å². The van der Waals surface area contributed by atoms with Gasteiger partial charge in [0.25, 0.3) is 0 Å². The molecule has 0 amide bonds. The van der Waals surface area contributed by atoms with Crippen molar-refractivity contribution in [1.82, 2.24) is 5.32 Å². The van der Waals surface area contributed by atoms with Crippen LogP contribution in [0.1, 0.15) is 19.8 Å². The Morgan fingerprint density at radius 1 is 1.70 bits per heavy atom. The van der Waals surface area contributed by atoms with Gasteiger partial charge in [-0.2, -0.15) is 0 Å². The van der Waals surface area contributed by atoms with E-state index in [0.29, 0.717) is 5.92 Å². The van der Waals surface area contributed by atoms with E-state index in [2.05, 4.69) is 18.8 Å². The number of aliphatic hydroxyl groups excluding tert-OH is 1. The predicted molar refractivity (Wildman–Crippen MR) is 43.7 cm³/mol. The third-order valence-electron chi connectivity index (χ3n) is 1.74. The van der Waals surface area contributed by atoms with Crippen molar-refractivity contribution in [2.24, 2.45) is 5.92 Å². The van der Waals surface area contributed by atoms with Crippen LogP contribution in [0.2, 0.25) is 0 Å². The molecule has 0 aromatic rings. The van der Waals surface area contributed by atoms with Crippen molar-refractivity contribution in [2.75, 3.05) is 7.05 Å². The Balaban J connectivity index is 3.67. The lowest BCUT2D eigenvalue weighted by atomic mass is 10.0. The molecule has 1 unspecified atom stereocenters. The van der Waals surface area contributed by atoms with Gasteiger partial charge in [-0.05, 0) is 19.9 Å². The summed E-state index contributed by atoms with van der Waals surface area (Å²) in [6.45, 7) is 5.69. The Bertz CT molecular complexity index is 93.3. The number of hydrogen-bond acceptors (Lipinski definition) is 2. The van der Waals surface area contributed by atoms with Crippen LogP contribution in [-0.4, -0.2) is 18.4 Å². The summed E-state index contributed by atoms with van der Waals surface area (Å²) in [7, 11) is 1.76. The van der Waals surface area contributed by atoms with Crippen LogP contribution in [0.5, 0.6) is 0 Å². The highest BCUT2D eigenvalue weighted by Gasteiger charge is 2.12. The summed E-state index contributed by atoms with van der Waals surface area (Å²) in [4.78, 5) is 0. The SMILES string of the molecule is C=CC[C@H](CC)C(O)NC. The van der Waals surface area contributed by atoms with Gasteiger partial charge in [-0.3, -0.25) is 5.32 Å². The maximum atomic E-state index is 9.29. The summed E-state index contributed by atoms with van der Waals surface area (Å²) in [5.41, 5.74) is 0. The zero-order valence-corrected chi connectivity index (χ0v) is 6.80. The molecule has 2 nitrogen and oxygen atoms in total. The summed E-state index contributed by atoms with van der Waals surface area (Å²) in [6.07, 6.45) is 3.31. The van der Waals surface area contributed by atoms with Crippen LogP contribution in [0.15, 0.2) is 12.7 Å². The van der Waals surface area contributed by atoms with Crippen LogP contribution < -0.4 is 5.32 Å². The van der Waals surface area contributed by atoms with Gasteiger partial charge in [0.05, 0.1) is 0 Å². The molecule has 0 aromatic heterocycles. The van der Waals surface area contributed by atoms with E-state index < -0.39 is 0 Å². The first kappa shape index (κ1) is 9.66. The molecule has 0 spiro atoms. The third kappa shape index (κ3) is 2.99. The third-order valence-corrected chi connectivity index (χ3v) is 1.74. The number of rotatable bonds is 5. The Labute approximate surface area is 62.9 Å². The molecule has 0 fully saturated rings. The molecule has 0 aliphatic rings. The molecule has 2 atom stereocenters. The average molecular weight is 143 g/mol. The van der Waals surface area contributed by atoms with Crippen molar-refractivity contribution in [2.45, 2.75) is 26.0 Å². The Kier molecular flexibility index (Phi) is 5.26. The molecule has 0 aromatic carbocycles. The lowest BCUT2D eigenvalue weighted by Gasteiger charge is -2.18. The first-order valence-electron chi connectivity index (χ1n) is 3.72. The van der Waals surface area contributed by atoms with Gasteiger partial charge in [-0.25, -0.2) is 0 Å². The van der Waals surface area contributed by atoms with Crippen LogP contribution in [0.25, 0.3) is 0 Å². The van der Waals surface area contributed by atoms with Crippen LogP contribution in [0.3, 0.4) is 0 Å². The number of aliphatic hydroxyl groups is 1. The highest BCUT2D eigenvalue weighted by Crippen LogP contribution is 2.11. The second-order valence-corrected chi connectivity index (χ2v) is 2.43. The molecule has 0 aliphatic heterocycles. The molecule has 0 saturated heterocycles. The average Bonchev–Trinajstić information content (AvgIpc) is 1.99. The molecule has 0 aliphatic carbocycles. The van der Waals surface area contributed by atoms with Crippen molar-refractivity contribution in [3.05, 3.63) is 12.7 Å². The van der Waals surface area contributed by atoms with Gasteiger partial charge in [-0.1, -0.05) is 13.0 Å². The van der Waals surface area contributed by atoms with Gasteiger partial charge in [0.1, 0.15) is 6.23 Å². The van der Waals surface area contributed by atoms with E-state index in [4.69, 9.17) is 0 Å². The van der Waals surface area contributed by atoms with E-state index in [9.17, 15) is 5.11 Å². The quantitative estimate of drug-likeness (QED) is 0.446. The zero-order valence-electron chi connectivity index (χ0n) is 6.80. The predicted octanol–water partition coefficient (Wildman–Crippen LogP) is 1.13. The largest absolute Gasteiger partial charge is 0.378 e. The lowest BCUT2D eigenvalue weighted by molar-refractivity contribution is 0.0814. The highest BCUT2D eigenvalue weighted by molar-refractivity contribution is 4.75. The second kappa shape index (κ2) is 5.45. The van der Waals surface area contributed by atoms with E-state index in [1.54, 1.807) is 7.05 Å². The smallest absolute Gasteiger partial charge is 0.107 e. The monoisotopic (exact) mass is 143 g/mol. The number of nitrogens with one attached hydrogen (secondary N) is 1. The molecular weight excluding hydrogens is 126 g/mol. The lowest BCUT2D eigenvalue weighted by Crippen LogP contribution is -2.32. The van der Waals surface area contributed by atoms with Gasteiger partial charge in [0, 0.05) is 5.92 Å².